The lowest BCUT2D eigenvalue weighted by atomic mass is 10.00. The summed E-state index contributed by atoms with van der Waals surface area (Å²) in [6, 6.07) is 0. The second kappa shape index (κ2) is 7.31. The molecule has 0 saturated heterocycles. The Bertz CT molecular complexity index is 322. The van der Waals surface area contributed by atoms with Crippen LogP contribution in [0.25, 0.3) is 0 Å². The Morgan fingerprint density at radius 1 is 1.32 bits per heavy atom. The molecule has 4 nitrogen and oxygen atoms in total. The summed E-state index contributed by atoms with van der Waals surface area (Å²) in [6.45, 7) is 5.90. The van der Waals surface area contributed by atoms with E-state index < -0.39 is 6.10 Å². The summed E-state index contributed by atoms with van der Waals surface area (Å²) in [6.07, 6.45) is 4.72. The highest BCUT2D eigenvalue weighted by atomic mass is 32.2. The lowest BCUT2D eigenvalue weighted by Gasteiger charge is -2.25. The highest BCUT2D eigenvalue weighted by molar-refractivity contribution is 8.14. The molecular formula is C14H24O4S. The predicted octanol–water partition coefficient (Wildman–Crippen LogP) is 3.14. The Balaban J connectivity index is 2.60. The molecule has 0 fully saturated rings. The lowest BCUT2D eigenvalue weighted by Crippen LogP contribution is -2.26. The van der Waals surface area contributed by atoms with Crippen LogP contribution in [-0.2, 0) is 9.47 Å². The molecule has 1 aliphatic rings. The fourth-order valence-corrected chi connectivity index (χ4v) is 2.53. The molecule has 0 bridgehead atoms. The first-order chi connectivity index (χ1) is 8.80. The summed E-state index contributed by atoms with van der Waals surface area (Å²) < 4.78 is 10.6. The maximum atomic E-state index is 11.8. The van der Waals surface area contributed by atoms with Crippen molar-refractivity contribution in [3.05, 3.63) is 12.2 Å². The number of thioether (sulfide) groups is 1. The van der Waals surface area contributed by atoms with Crippen molar-refractivity contribution >= 4 is 17.1 Å². The van der Waals surface area contributed by atoms with E-state index in [0.29, 0.717) is 12.8 Å². The minimum absolute atomic E-state index is 0.0111. The summed E-state index contributed by atoms with van der Waals surface area (Å²) in [5.41, 5.74) is 0. The van der Waals surface area contributed by atoms with Crippen LogP contribution in [0.3, 0.4) is 0 Å². The topological polar surface area (TPSA) is 55.8 Å². The Kier molecular flexibility index (Phi) is 6.36. The highest BCUT2D eigenvalue weighted by Crippen LogP contribution is 2.27. The number of hydrogen-bond donors (Lipinski definition) is 1. The van der Waals surface area contributed by atoms with Crippen LogP contribution in [0, 0.1) is 0 Å². The molecule has 0 aliphatic heterocycles. The van der Waals surface area contributed by atoms with Crippen molar-refractivity contribution in [2.75, 3.05) is 7.11 Å². The van der Waals surface area contributed by atoms with Crippen LogP contribution in [0.1, 0.15) is 40.0 Å². The van der Waals surface area contributed by atoms with E-state index in [9.17, 15) is 9.90 Å². The van der Waals surface area contributed by atoms with Crippen molar-refractivity contribution in [1.29, 1.82) is 0 Å². The van der Waals surface area contributed by atoms with Gasteiger partial charge in [0.2, 0.25) is 0 Å². The van der Waals surface area contributed by atoms with E-state index in [1.807, 2.05) is 20.8 Å². The minimum Gasteiger partial charge on any atom is -0.450 e. The first-order valence-electron chi connectivity index (χ1n) is 6.59. The van der Waals surface area contributed by atoms with Gasteiger partial charge in [-0.05, 0) is 30.7 Å². The Morgan fingerprint density at radius 3 is 2.58 bits per heavy atom. The Morgan fingerprint density at radius 2 is 2.00 bits per heavy atom. The van der Waals surface area contributed by atoms with Gasteiger partial charge in [-0.25, -0.2) is 4.79 Å². The molecule has 0 heterocycles. The normalized spacial score (nSPS) is 28.6. The second-order valence-electron chi connectivity index (χ2n) is 5.74. The number of rotatable bonds is 2. The third-order valence-corrected chi connectivity index (χ3v) is 3.67. The van der Waals surface area contributed by atoms with Gasteiger partial charge in [0.05, 0.1) is 12.2 Å². The van der Waals surface area contributed by atoms with E-state index in [1.165, 1.54) is 11.8 Å². The van der Waals surface area contributed by atoms with E-state index in [4.69, 9.17) is 9.47 Å². The first-order valence-corrected chi connectivity index (χ1v) is 7.40. The van der Waals surface area contributed by atoms with E-state index >= 15 is 0 Å². The second-order valence-corrected chi connectivity index (χ2v) is 7.51. The largest absolute Gasteiger partial charge is 0.450 e. The summed E-state index contributed by atoms with van der Waals surface area (Å²) in [4.78, 5) is 11.8. The van der Waals surface area contributed by atoms with Crippen LogP contribution >= 0.6 is 11.8 Å². The number of aliphatic hydroxyl groups excluding tert-OH is 1. The molecule has 110 valence electrons. The summed E-state index contributed by atoms with van der Waals surface area (Å²) >= 11 is 1.17. The molecule has 0 aromatic rings. The van der Waals surface area contributed by atoms with Crippen LogP contribution in [0.4, 0.5) is 4.79 Å². The molecule has 1 N–H and O–H groups in total. The molecule has 19 heavy (non-hydrogen) atoms. The minimum atomic E-state index is -0.491. The van der Waals surface area contributed by atoms with Crippen molar-refractivity contribution in [3.63, 3.8) is 0 Å². The standard InChI is InChI=1S/C14H24O4S/c1-14(2,3)19-13(16)18-12-8-6-10(15)5-7-11(9-12)17-4/h6,8,10-12,15H,5,7,9H2,1-4H3. The molecule has 0 radical (unpaired) electrons. The molecule has 0 amide bonds. The smallest absolute Gasteiger partial charge is 0.368 e. The zero-order chi connectivity index (χ0) is 14.5. The summed E-state index contributed by atoms with van der Waals surface area (Å²) in [7, 11) is 1.64. The average molecular weight is 288 g/mol. The van der Waals surface area contributed by atoms with Gasteiger partial charge in [0.15, 0.2) is 0 Å². The van der Waals surface area contributed by atoms with Crippen molar-refractivity contribution < 1.29 is 19.4 Å². The number of carbonyl (C=O) groups is 1. The maximum absolute atomic E-state index is 11.8. The zero-order valence-corrected chi connectivity index (χ0v) is 12.9. The third-order valence-electron chi connectivity index (χ3n) is 2.80. The molecule has 3 unspecified atom stereocenters. The first kappa shape index (κ1) is 16.5. The quantitative estimate of drug-likeness (QED) is 0.625. The van der Waals surface area contributed by atoms with Gasteiger partial charge in [0, 0.05) is 18.3 Å². The third kappa shape index (κ3) is 6.99. The zero-order valence-electron chi connectivity index (χ0n) is 12.1. The Labute approximate surface area is 119 Å². The van der Waals surface area contributed by atoms with Crippen LogP contribution in [0.15, 0.2) is 12.2 Å². The predicted molar refractivity (Wildman–Crippen MR) is 77.4 cm³/mol. The highest BCUT2D eigenvalue weighted by Gasteiger charge is 2.24. The van der Waals surface area contributed by atoms with Gasteiger partial charge in [-0.15, -0.1) is 0 Å². The fraction of sp³-hybridized carbons (Fsp3) is 0.786. The SMILES string of the molecule is COC1CCC(O)C=CC(OC(=O)SC(C)(C)C)C1. The van der Waals surface area contributed by atoms with Crippen molar-refractivity contribution in [2.24, 2.45) is 0 Å². The molecule has 0 saturated carbocycles. The van der Waals surface area contributed by atoms with Gasteiger partial charge in [0.1, 0.15) is 6.10 Å². The van der Waals surface area contributed by atoms with Crippen LogP contribution in [0.2, 0.25) is 0 Å². The van der Waals surface area contributed by atoms with Crippen LogP contribution < -0.4 is 0 Å². The van der Waals surface area contributed by atoms with Crippen LogP contribution in [-0.4, -0.2) is 40.6 Å². The number of carbonyl (C=O) groups excluding carboxylic acids is 1. The van der Waals surface area contributed by atoms with E-state index in [0.717, 1.165) is 6.42 Å². The average Bonchev–Trinajstić information content (AvgIpc) is 2.26. The molecule has 0 spiro atoms. The molecule has 1 rings (SSSR count). The van der Waals surface area contributed by atoms with Crippen molar-refractivity contribution in [2.45, 2.75) is 63.1 Å². The molecule has 3 atom stereocenters. The molecule has 0 aromatic carbocycles. The monoisotopic (exact) mass is 288 g/mol. The summed E-state index contributed by atoms with van der Waals surface area (Å²) in [5, 5.41) is 9.39. The van der Waals surface area contributed by atoms with Gasteiger partial charge in [-0.1, -0.05) is 26.8 Å². The van der Waals surface area contributed by atoms with Crippen molar-refractivity contribution in [1.82, 2.24) is 0 Å². The number of hydrogen-bond acceptors (Lipinski definition) is 5. The van der Waals surface area contributed by atoms with Gasteiger partial charge >= 0.3 is 5.30 Å². The number of ether oxygens (including phenoxy) is 2. The number of aliphatic hydroxyl groups is 1. The van der Waals surface area contributed by atoms with E-state index in [1.54, 1.807) is 19.3 Å². The fourth-order valence-electron chi connectivity index (χ4n) is 1.86. The van der Waals surface area contributed by atoms with Gasteiger partial charge in [-0.2, -0.15) is 0 Å². The summed E-state index contributed by atoms with van der Waals surface area (Å²) in [5.74, 6) is 0. The van der Waals surface area contributed by atoms with E-state index in [2.05, 4.69) is 0 Å². The van der Waals surface area contributed by atoms with Gasteiger partial charge in [-0.3, -0.25) is 0 Å². The van der Waals surface area contributed by atoms with E-state index in [-0.39, 0.29) is 22.3 Å². The lowest BCUT2D eigenvalue weighted by molar-refractivity contribution is 0.0376. The Hall–Kier alpha value is -0.520. The van der Waals surface area contributed by atoms with Gasteiger partial charge in [0.25, 0.3) is 0 Å². The number of methoxy groups -OCH3 is 1. The maximum Gasteiger partial charge on any atom is 0.368 e. The van der Waals surface area contributed by atoms with Gasteiger partial charge < -0.3 is 14.6 Å². The molecule has 0 aromatic heterocycles. The van der Waals surface area contributed by atoms with Crippen molar-refractivity contribution in [3.8, 4) is 0 Å². The molecular weight excluding hydrogens is 264 g/mol. The molecule has 5 heteroatoms. The van der Waals surface area contributed by atoms with Crippen LogP contribution in [0.5, 0.6) is 0 Å². The molecule has 1 aliphatic carbocycles.